The van der Waals surface area contributed by atoms with Crippen LogP contribution >= 0.6 is 11.3 Å². The van der Waals surface area contributed by atoms with Gasteiger partial charge in [-0.2, -0.15) is 10.1 Å². The van der Waals surface area contributed by atoms with Crippen molar-refractivity contribution in [2.45, 2.75) is 25.8 Å². The first kappa shape index (κ1) is 26.8. The largest absolute Gasteiger partial charge is 0.437 e. The van der Waals surface area contributed by atoms with E-state index in [1.807, 2.05) is 19.1 Å². The van der Waals surface area contributed by atoms with Gasteiger partial charge >= 0.3 is 0 Å². The van der Waals surface area contributed by atoms with Crippen LogP contribution in [0.5, 0.6) is 11.6 Å². The first-order valence-corrected chi connectivity index (χ1v) is 15.1. The summed E-state index contributed by atoms with van der Waals surface area (Å²) in [5.74, 6) is 2.30. The van der Waals surface area contributed by atoms with E-state index in [1.165, 1.54) is 0 Å². The van der Waals surface area contributed by atoms with Crippen LogP contribution in [0.15, 0.2) is 30.6 Å². The van der Waals surface area contributed by atoms with Gasteiger partial charge in [0.2, 0.25) is 11.0 Å². The summed E-state index contributed by atoms with van der Waals surface area (Å²) in [6.07, 6.45) is 5.67. The molecule has 3 N–H and O–H groups in total. The molecule has 0 amide bonds. The minimum absolute atomic E-state index is 0.351. The lowest BCUT2D eigenvalue weighted by Gasteiger charge is -2.36. The molecule has 7 rings (SSSR count). The predicted octanol–water partition coefficient (Wildman–Crippen LogP) is 4.07. The third-order valence-electron chi connectivity index (χ3n) is 8.27. The average Bonchev–Trinajstić information content (AvgIpc) is 3.70. The smallest absolute Gasteiger partial charge is 0.232 e. The molecule has 0 bridgehead atoms. The van der Waals surface area contributed by atoms with E-state index in [0.717, 1.165) is 82.4 Å². The van der Waals surface area contributed by atoms with Gasteiger partial charge < -0.3 is 29.9 Å². The van der Waals surface area contributed by atoms with Crippen molar-refractivity contribution in [2.75, 3.05) is 69.0 Å². The van der Waals surface area contributed by atoms with E-state index < -0.39 is 0 Å². The topological polar surface area (TPSA) is 134 Å². The molecule has 1 aromatic carbocycles. The molecule has 0 saturated carbocycles. The summed E-state index contributed by atoms with van der Waals surface area (Å²) in [6, 6.07) is 6.66. The standard InChI is InChI=1S/C29H34N10O2S/c1-17-4-5-22-21(16-32-34-22)25(17)41-27-24-19(14-23(33-27)38-8-6-18(7-9-38)37(2)3)20(15-31-26(24)30)28-35-36-29(42-28)39-10-12-40-13-11-39/h4-5,14-16,18H,6-13H2,1-3H3,(H2,30,31)(H,32,34). The number of nitrogens with zero attached hydrogens (tertiary/aromatic N) is 8. The maximum Gasteiger partial charge on any atom is 0.232 e. The van der Waals surface area contributed by atoms with Gasteiger partial charge in [0, 0.05) is 49.4 Å². The number of aromatic amines is 1. The van der Waals surface area contributed by atoms with Crippen LogP contribution in [0, 0.1) is 6.92 Å². The van der Waals surface area contributed by atoms with Gasteiger partial charge in [0.1, 0.15) is 17.4 Å². The highest BCUT2D eigenvalue weighted by Gasteiger charge is 2.26. The molecule has 13 heteroatoms. The lowest BCUT2D eigenvalue weighted by molar-refractivity contribution is 0.122. The summed E-state index contributed by atoms with van der Waals surface area (Å²) >= 11 is 1.55. The number of fused-ring (bicyclic) bond motifs is 2. The number of hydrogen-bond acceptors (Lipinski definition) is 12. The fraction of sp³-hybridized carbons (Fsp3) is 0.414. The third-order valence-corrected chi connectivity index (χ3v) is 9.28. The van der Waals surface area contributed by atoms with Gasteiger partial charge in [-0.05, 0) is 51.6 Å². The van der Waals surface area contributed by atoms with E-state index in [1.54, 1.807) is 23.7 Å². The first-order valence-electron chi connectivity index (χ1n) is 14.2. The van der Waals surface area contributed by atoms with Crippen LogP contribution in [0.25, 0.3) is 32.2 Å². The van der Waals surface area contributed by atoms with E-state index in [2.05, 4.69) is 60.2 Å². The zero-order chi connectivity index (χ0) is 28.8. The predicted molar refractivity (Wildman–Crippen MR) is 166 cm³/mol. The number of rotatable bonds is 6. The molecule has 6 heterocycles. The van der Waals surface area contributed by atoms with Gasteiger partial charge in [0.25, 0.3) is 0 Å². The quantitative estimate of drug-likeness (QED) is 0.298. The SMILES string of the molecule is Cc1ccc2[nH]ncc2c1Oc1nc(N2CCC(N(C)C)CC2)cc2c(-c3nnc(N4CCOCC4)s3)cnc(N)c12. The van der Waals surface area contributed by atoms with Crippen molar-refractivity contribution in [3.63, 3.8) is 0 Å². The zero-order valence-electron chi connectivity index (χ0n) is 24.0. The highest BCUT2D eigenvalue weighted by Crippen LogP contribution is 2.42. The van der Waals surface area contributed by atoms with Gasteiger partial charge in [-0.15, -0.1) is 10.2 Å². The Morgan fingerprint density at radius 3 is 2.64 bits per heavy atom. The van der Waals surface area contributed by atoms with Crippen molar-refractivity contribution < 1.29 is 9.47 Å². The normalized spacial score (nSPS) is 16.7. The Bertz CT molecular complexity index is 1740. The van der Waals surface area contributed by atoms with Crippen molar-refractivity contribution in [2.24, 2.45) is 0 Å². The second kappa shape index (κ2) is 11.0. The summed E-state index contributed by atoms with van der Waals surface area (Å²) in [5.41, 5.74) is 9.28. The Kier molecular flexibility index (Phi) is 7.00. The summed E-state index contributed by atoms with van der Waals surface area (Å²) < 4.78 is 12.2. The maximum absolute atomic E-state index is 6.68. The second-order valence-electron chi connectivity index (χ2n) is 11.1. The highest BCUT2D eigenvalue weighted by molar-refractivity contribution is 7.18. The molecule has 12 nitrogen and oxygen atoms in total. The van der Waals surface area contributed by atoms with Gasteiger partial charge in [0.15, 0.2) is 5.01 Å². The number of nitrogen functional groups attached to an aromatic ring is 1. The number of aryl methyl sites for hydroxylation is 1. The molecule has 2 fully saturated rings. The molecule has 2 saturated heterocycles. The van der Waals surface area contributed by atoms with E-state index >= 15 is 0 Å². The van der Waals surface area contributed by atoms with Crippen LogP contribution in [-0.2, 0) is 4.74 Å². The minimum atomic E-state index is 0.351. The fourth-order valence-corrected chi connectivity index (χ4v) is 6.71. The summed E-state index contributed by atoms with van der Waals surface area (Å²) in [4.78, 5) is 16.5. The number of piperidine rings is 1. The fourth-order valence-electron chi connectivity index (χ4n) is 5.79. The molecule has 0 unspecified atom stereocenters. The number of hydrogen-bond donors (Lipinski definition) is 2. The number of ether oxygens (including phenoxy) is 2. The van der Waals surface area contributed by atoms with Crippen LogP contribution in [0.4, 0.5) is 16.8 Å². The van der Waals surface area contributed by atoms with Gasteiger partial charge in [-0.1, -0.05) is 17.4 Å². The molecule has 42 heavy (non-hydrogen) atoms. The molecule has 2 aliphatic rings. The summed E-state index contributed by atoms with van der Waals surface area (Å²) in [6.45, 7) is 6.77. The molecular formula is C29H34N10O2S. The number of H-pyrrole nitrogens is 1. The van der Waals surface area contributed by atoms with Crippen LogP contribution in [-0.4, -0.2) is 94.8 Å². The molecule has 4 aromatic heterocycles. The Morgan fingerprint density at radius 1 is 1.05 bits per heavy atom. The van der Waals surface area contributed by atoms with Crippen LogP contribution in [0.1, 0.15) is 18.4 Å². The molecule has 0 radical (unpaired) electrons. The molecule has 0 spiro atoms. The monoisotopic (exact) mass is 586 g/mol. The third kappa shape index (κ3) is 4.86. The minimum Gasteiger partial charge on any atom is -0.437 e. The molecule has 2 aliphatic heterocycles. The molecule has 0 atom stereocenters. The van der Waals surface area contributed by atoms with Crippen LogP contribution in [0.3, 0.4) is 0 Å². The molecule has 218 valence electrons. The molecule has 5 aromatic rings. The highest BCUT2D eigenvalue weighted by atomic mass is 32.1. The lowest BCUT2D eigenvalue weighted by Crippen LogP contribution is -2.42. The van der Waals surface area contributed by atoms with Crippen molar-refractivity contribution >= 4 is 49.8 Å². The van der Waals surface area contributed by atoms with Gasteiger partial charge in [0.05, 0.1) is 35.7 Å². The van der Waals surface area contributed by atoms with Gasteiger partial charge in [-0.3, -0.25) is 5.10 Å². The summed E-state index contributed by atoms with van der Waals surface area (Å²) in [7, 11) is 4.29. The number of morpholine rings is 1. The van der Waals surface area contributed by atoms with Crippen molar-refractivity contribution in [3.8, 4) is 22.2 Å². The Balaban J connectivity index is 1.36. The lowest BCUT2D eigenvalue weighted by atomic mass is 10.0. The number of pyridine rings is 2. The molecular weight excluding hydrogens is 552 g/mol. The zero-order valence-corrected chi connectivity index (χ0v) is 24.8. The molecule has 0 aliphatic carbocycles. The number of anilines is 3. The number of benzene rings is 1. The van der Waals surface area contributed by atoms with Crippen molar-refractivity contribution in [3.05, 3.63) is 36.2 Å². The van der Waals surface area contributed by atoms with Crippen LogP contribution in [0.2, 0.25) is 0 Å². The van der Waals surface area contributed by atoms with Crippen LogP contribution < -0.4 is 20.3 Å². The Labute approximate surface area is 247 Å². The average molecular weight is 587 g/mol. The first-order chi connectivity index (χ1) is 20.5. The van der Waals surface area contributed by atoms with E-state index in [4.69, 9.17) is 20.2 Å². The van der Waals surface area contributed by atoms with E-state index in [0.29, 0.717) is 42.1 Å². The number of nitrogens with two attached hydrogens (primary N) is 1. The maximum atomic E-state index is 6.68. The van der Waals surface area contributed by atoms with E-state index in [9.17, 15) is 0 Å². The van der Waals surface area contributed by atoms with E-state index in [-0.39, 0.29) is 0 Å². The number of nitrogens with one attached hydrogen (secondary N) is 1. The number of aromatic nitrogens is 6. The Morgan fingerprint density at radius 2 is 1.86 bits per heavy atom. The van der Waals surface area contributed by atoms with Gasteiger partial charge in [-0.25, -0.2) is 4.98 Å². The summed E-state index contributed by atoms with van der Waals surface area (Å²) in [5, 5.41) is 20.4. The van der Waals surface area contributed by atoms with Crippen molar-refractivity contribution in [1.29, 1.82) is 0 Å². The second-order valence-corrected chi connectivity index (χ2v) is 12.0. The Hall–Kier alpha value is -4.07. The van der Waals surface area contributed by atoms with Crippen molar-refractivity contribution in [1.82, 2.24) is 35.3 Å².